The molecule has 35 heavy (non-hydrogen) atoms. The minimum Gasteiger partial charge on any atom is -0.481 e. The molecule has 1 saturated heterocycles. The van der Waals surface area contributed by atoms with Crippen LogP contribution in [0.15, 0.2) is 67.3 Å². The van der Waals surface area contributed by atoms with E-state index in [1.54, 1.807) is 22.5 Å². The van der Waals surface area contributed by atoms with Gasteiger partial charge in [-0.3, -0.25) is 4.79 Å². The summed E-state index contributed by atoms with van der Waals surface area (Å²) in [6.45, 7) is 4.64. The third kappa shape index (κ3) is 8.00. The fraction of sp³-hybridized carbons (Fsp3) is 0.464. The zero-order valence-electron chi connectivity index (χ0n) is 20.2. The van der Waals surface area contributed by atoms with Crippen molar-refractivity contribution < 1.29 is 22.7 Å². The Kier molecular flexibility index (Phi) is 10.0. The first-order valence-corrected chi connectivity index (χ1v) is 14.0. The molecule has 2 aliphatic rings. The Morgan fingerprint density at radius 2 is 1.77 bits per heavy atom. The van der Waals surface area contributed by atoms with Crippen LogP contribution in [-0.2, 0) is 21.2 Å². The van der Waals surface area contributed by atoms with Gasteiger partial charge >= 0.3 is 5.97 Å². The molecule has 2 unspecified atom stereocenters. The van der Waals surface area contributed by atoms with E-state index in [2.05, 4.69) is 6.58 Å². The largest absolute Gasteiger partial charge is 0.481 e. The van der Waals surface area contributed by atoms with Crippen molar-refractivity contribution in [3.05, 3.63) is 84.2 Å². The number of hydrogen-bond donors (Lipinski definition) is 1. The molecular formula is C28H36FNO4S. The van der Waals surface area contributed by atoms with Crippen LogP contribution in [0.4, 0.5) is 4.39 Å². The number of carboxylic acids is 1. The molecule has 1 heterocycles. The van der Waals surface area contributed by atoms with Gasteiger partial charge in [-0.1, -0.05) is 80.6 Å². The van der Waals surface area contributed by atoms with Crippen LogP contribution in [-0.4, -0.2) is 42.6 Å². The fourth-order valence-electron chi connectivity index (χ4n) is 5.45. The van der Waals surface area contributed by atoms with Crippen molar-refractivity contribution in [3.63, 3.8) is 0 Å². The van der Waals surface area contributed by atoms with E-state index in [-0.39, 0.29) is 23.9 Å². The van der Waals surface area contributed by atoms with Crippen LogP contribution in [0.25, 0.3) is 0 Å². The number of piperidine rings is 1. The third-order valence-electron chi connectivity index (χ3n) is 7.07. The number of carbonyl (C=O) groups is 1. The number of rotatable bonds is 7. The Bertz CT molecular complexity index is 1070. The van der Waals surface area contributed by atoms with Gasteiger partial charge in [-0.25, -0.2) is 17.1 Å². The van der Waals surface area contributed by atoms with Crippen molar-refractivity contribution in [2.24, 2.45) is 11.8 Å². The fourth-order valence-corrected chi connectivity index (χ4v) is 6.73. The predicted molar refractivity (Wildman–Crippen MR) is 137 cm³/mol. The van der Waals surface area contributed by atoms with Gasteiger partial charge in [-0.15, -0.1) is 6.58 Å². The third-order valence-corrected chi connectivity index (χ3v) is 8.85. The van der Waals surface area contributed by atoms with E-state index < -0.39 is 16.0 Å². The average Bonchev–Trinajstić information content (AvgIpc) is 2.85. The highest BCUT2D eigenvalue weighted by Gasteiger charge is 2.39. The van der Waals surface area contributed by atoms with E-state index in [4.69, 9.17) is 5.11 Å². The summed E-state index contributed by atoms with van der Waals surface area (Å²) in [6, 6.07) is 15.7. The van der Waals surface area contributed by atoms with Crippen LogP contribution in [0.5, 0.6) is 0 Å². The molecule has 2 aromatic rings. The molecule has 7 heteroatoms. The summed E-state index contributed by atoms with van der Waals surface area (Å²) in [7, 11) is -3.34. The molecule has 0 spiro atoms. The molecule has 0 amide bonds. The van der Waals surface area contributed by atoms with E-state index in [1.165, 1.54) is 50.3 Å². The SMILES string of the molecule is C=CCS(=O)(=O)N1CCC(C2CCCCC2)C(c2cccc(CC(=O)O)c2)C1.Fc1ccccc1. The van der Waals surface area contributed by atoms with Crippen molar-refractivity contribution in [2.45, 2.75) is 50.9 Å². The maximum atomic E-state index is 12.6. The molecule has 2 atom stereocenters. The van der Waals surface area contributed by atoms with Gasteiger partial charge in [0.25, 0.3) is 0 Å². The highest BCUT2D eigenvalue weighted by atomic mass is 32.2. The minimum absolute atomic E-state index is 0.00681. The maximum Gasteiger partial charge on any atom is 0.307 e. The monoisotopic (exact) mass is 501 g/mol. The quantitative estimate of drug-likeness (QED) is 0.498. The van der Waals surface area contributed by atoms with Crippen molar-refractivity contribution >= 4 is 16.0 Å². The predicted octanol–water partition coefficient (Wildman–Crippen LogP) is 5.64. The van der Waals surface area contributed by atoms with Gasteiger partial charge in [-0.05, 0) is 41.5 Å². The van der Waals surface area contributed by atoms with E-state index in [9.17, 15) is 17.6 Å². The molecule has 1 N–H and O–H groups in total. The smallest absolute Gasteiger partial charge is 0.307 e. The van der Waals surface area contributed by atoms with Crippen LogP contribution >= 0.6 is 0 Å². The average molecular weight is 502 g/mol. The lowest BCUT2D eigenvalue weighted by Gasteiger charge is -2.43. The topological polar surface area (TPSA) is 74.7 Å². The van der Waals surface area contributed by atoms with E-state index in [0.717, 1.165) is 17.5 Å². The zero-order chi connectivity index (χ0) is 25.3. The first-order valence-electron chi connectivity index (χ1n) is 12.4. The lowest BCUT2D eigenvalue weighted by Crippen LogP contribution is -2.45. The Balaban J connectivity index is 0.000000420. The summed E-state index contributed by atoms with van der Waals surface area (Å²) >= 11 is 0. The molecule has 0 aromatic heterocycles. The number of benzene rings is 2. The van der Waals surface area contributed by atoms with Crippen LogP contribution in [0, 0.1) is 17.7 Å². The molecule has 2 fully saturated rings. The minimum atomic E-state index is -3.34. The number of aliphatic carboxylic acids is 1. The van der Waals surface area contributed by atoms with Crippen LogP contribution in [0.3, 0.4) is 0 Å². The number of carboxylic acid groups (broad SMARTS) is 1. The van der Waals surface area contributed by atoms with Crippen molar-refractivity contribution in [1.82, 2.24) is 4.31 Å². The van der Waals surface area contributed by atoms with Crippen LogP contribution in [0.1, 0.15) is 55.6 Å². The first-order chi connectivity index (χ1) is 16.8. The molecule has 190 valence electrons. The second kappa shape index (κ2) is 13.0. The molecule has 2 aromatic carbocycles. The molecule has 0 bridgehead atoms. The van der Waals surface area contributed by atoms with Gasteiger partial charge in [0.2, 0.25) is 10.0 Å². The van der Waals surface area contributed by atoms with Gasteiger partial charge in [0.1, 0.15) is 5.82 Å². The Morgan fingerprint density at radius 3 is 2.37 bits per heavy atom. The first kappa shape index (κ1) is 27.1. The standard InChI is InChI=1S/C22H31NO4S.C6H5F/c1-2-13-28(26,27)23-12-11-20(18-8-4-3-5-9-18)21(16-23)19-10-6-7-17(14-19)15-22(24)25;7-6-4-2-1-3-5-6/h2,6-7,10,14,18,20-21H,1,3-5,8-9,11-13,15-16H2,(H,24,25);1-5H. The molecule has 1 saturated carbocycles. The van der Waals surface area contributed by atoms with Gasteiger partial charge < -0.3 is 5.11 Å². The number of hydrogen-bond acceptors (Lipinski definition) is 3. The van der Waals surface area contributed by atoms with Crippen molar-refractivity contribution in [3.8, 4) is 0 Å². The summed E-state index contributed by atoms with van der Waals surface area (Å²) in [5.74, 6) is 0.140. The Morgan fingerprint density at radius 1 is 1.06 bits per heavy atom. The second-order valence-electron chi connectivity index (χ2n) is 9.49. The molecule has 0 radical (unpaired) electrons. The highest BCUT2D eigenvalue weighted by Crippen LogP contribution is 2.43. The van der Waals surface area contributed by atoms with E-state index in [0.29, 0.717) is 24.9 Å². The zero-order valence-corrected chi connectivity index (χ0v) is 21.0. The van der Waals surface area contributed by atoms with Crippen LogP contribution in [0.2, 0.25) is 0 Å². The molecule has 4 rings (SSSR count). The lowest BCUT2D eigenvalue weighted by molar-refractivity contribution is -0.136. The summed E-state index contributed by atoms with van der Waals surface area (Å²) in [5, 5.41) is 9.13. The van der Waals surface area contributed by atoms with Gasteiger partial charge in [0.05, 0.1) is 12.2 Å². The number of halogens is 1. The van der Waals surface area contributed by atoms with Crippen LogP contribution < -0.4 is 0 Å². The summed E-state index contributed by atoms with van der Waals surface area (Å²) < 4.78 is 38.8. The highest BCUT2D eigenvalue weighted by molar-refractivity contribution is 7.89. The number of sulfonamides is 1. The Labute approximate surface area is 208 Å². The van der Waals surface area contributed by atoms with Gasteiger partial charge in [-0.2, -0.15) is 0 Å². The van der Waals surface area contributed by atoms with Gasteiger partial charge in [0.15, 0.2) is 0 Å². The molecular weight excluding hydrogens is 465 g/mol. The molecule has 5 nitrogen and oxygen atoms in total. The molecule has 1 aliphatic heterocycles. The van der Waals surface area contributed by atoms with Crippen molar-refractivity contribution in [1.29, 1.82) is 0 Å². The molecule has 1 aliphatic carbocycles. The summed E-state index contributed by atoms with van der Waals surface area (Å²) in [5.41, 5.74) is 1.85. The van der Waals surface area contributed by atoms with Gasteiger partial charge in [0, 0.05) is 19.0 Å². The number of nitrogens with zero attached hydrogens (tertiary/aromatic N) is 1. The second-order valence-corrected chi connectivity index (χ2v) is 11.5. The van der Waals surface area contributed by atoms with E-state index >= 15 is 0 Å². The van der Waals surface area contributed by atoms with E-state index in [1.807, 2.05) is 24.3 Å². The lowest BCUT2D eigenvalue weighted by atomic mass is 9.69. The normalized spacial score (nSPS) is 21.5. The summed E-state index contributed by atoms with van der Waals surface area (Å²) in [6.07, 6.45) is 8.55. The Hall–Kier alpha value is -2.51. The maximum absolute atomic E-state index is 12.6. The van der Waals surface area contributed by atoms with Crippen molar-refractivity contribution in [2.75, 3.05) is 18.8 Å². The summed E-state index contributed by atoms with van der Waals surface area (Å²) in [4.78, 5) is 11.1.